The molecule has 2 N–H and O–H groups in total. The Kier molecular flexibility index (Phi) is 3.39. The number of ketones is 1. The Morgan fingerprint density at radius 2 is 1.83 bits per heavy atom. The second-order valence-electron chi connectivity index (χ2n) is 9.06. The standard InChI is InChI=1S/C20H31NO2/c1-18-9-6-14(22)12-13(18)4-5-15-16(18)7-10-19(2)17(15)8-11-20(19,21)23-3/h12,15-17H,4-11,21H2,1-3H3/t15-,16-,17-,18+,19+,20-/m1/s1. The number of nitrogens with two attached hydrogens (primary N) is 1. The summed E-state index contributed by atoms with van der Waals surface area (Å²) in [6.45, 7) is 4.81. The average molecular weight is 317 g/mol. The largest absolute Gasteiger partial charge is 0.364 e. The van der Waals surface area contributed by atoms with Crippen LogP contribution in [0.2, 0.25) is 0 Å². The molecule has 0 aliphatic heterocycles. The number of ether oxygens (including phenoxy) is 1. The molecule has 3 heteroatoms. The molecule has 0 amide bonds. The maximum Gasteiger partial charge on any atom is 0.155 e. The maximum atomic E-state index is 11.9. The zero-order valence-corrected chi connectivity index (χ0v) is 14.9. The summed E-state index contributed by atoms with van der Waals surface area (Å²) in [6, 6.07) is 0. The summed E-state index contributed by atoms with van der Waals surface area (Å²) >= 11 is 0. The molecule has 3 fully saturated rings. The highest BCUT2D eigenvalue weighted by molar-refractivity contribution is 5.91. The minimum atomic E-state index is -0.442. The average Bonchev–Trinajstić information content (AvgIpc) is 2.80. The topological polar surface area (TPSA) is 52.3 Å². The van der Waals surface area contributed by atoms with Crippen molar-refractivity contribution in [2.75, 3.05) is 7.11 Å². The number of carbonyl (C=O) groups excluding carboxylic acids is 1. The molecular formula is C20H31NO2. The normalized spacial score (nSPS) is 52.4. The molecule has 23 heavy (non-hydrogen) atoms. The SMILES string of the molecule is CO[C@]1(N)CC[C@@H]2[C@@H]3CCC4=CC(=O)CC[C@]4(C)[C@@H]3CC[C@@]21C. The molecule has 3 saturated carbocycles. The van der Waals surface area contributed by atoms with Gasteiger partial charge in [-0.15, -0.1) is 0 Å². The third kappa shape index (κ3) is 1.93. The summed E-state index contributed by atoms with van der Waals surface area (Å²) in [6.07, 6.45) is 10.7. The number of carbonyl (C=O) groups is 1. The molecular weight excluding hydrogens is 286 g/mol. The van der Waals surface area contributed by atoms with Gasteiger partial charge in [0.2, 0.25) is 0 Å². The summed E-state index contributed by atoms with van der Waals surface area (Å²) in [5.41, 5.74) is 8.05. The van der Waals surface area contributed by atoms with Crippen LogP contribution in [0.5, 0.6) is 0 Å². The molecule has 0 bridgehead atoms. The van der Waals surface area contributed by atoms with Crippen molar-refractivity contribution in [1.29, 1.82) is 0 Å². The van der Waals surface area contributed by atoms with E-state index >= 15 is 0 Å². The zero-order valence-electron chi connectivity index (χ0n) is 14.9. The number of fused-ring (bicyclic) bond motifs is 5. The fourth-order valence-electron chi connectivity index (χ4n) is 6.93. The van der Waals surface area contributed by atoms with Crippen LogP contribution in [0.1, 0.15) is 65.2 Å². The van der Waals surface area contributed by atoms with E-state index in [1.165, 1.54) is 31.3 Å². The Morgan fingerprint density at radius 1 is 1.09 bits per heavy atom. The number of methoxy groups -OCH3 is 1. The van der Waals surface area contributed by atoms with Gasteiger partial charge in [-0.2, -0.15) is 0 Å². The molecule has 0 spiro atoms. The molecule has 4 aliphatic rings. The van der Waals surface area contributed by atoms with Crippen molar-refractivity contribution in [3.63, 3.8) is 0 Å². The van der Waals surface area contributed by atoms with Crippen molar-refractivity contribution in [2.45, 2.75) is 70.9 Å². The Labute approximate surface area is 140 Å². The van der Waals surface area contributed by atoms with Crippen LogP contribution >= 0.6 is 0 Å². The van der Waals surface area contributed by atoms with Gasteiger partial charge in [-0.05, 0) is 74.2 Å². The van der Waals surface area contributed by atoms with Crippen LogP contribution in [-0.2, 0) is 9.53 Å². The summed E-state index contributed by atoms with van der Waals surface area (Å²) in [5.74, 6) is 2.51. The first-order chi connectivity index (χ1) is 10.8. The van der Waals surface area contributed by atoms with Crippen molar-refractivity contribution in [1.82, 2.24) is 0 Å². The van der Waals surface area contributed by atoms with Crippen LogP contribution in [0.3, 0.4) is 0 Å². The molecule has 0 aromatic carbocycles. The van der Waals surface area contributed by atoms with Crippen molar-refractivity contribution < 1.29 is 9.53 Å². The highest BCUT2D eigenvalue weighted by atomic mass is 16.5. The highest BCUT2D eigenvalue weighted by Gasteiger charge is 2.63. The molecule has 128 valence electrons. The lowest BCUT2D eigenvalue weighted by Crippen LogP contribution is -2.59. The third-order valence-electron chi connectivity index (χ3n) is 8.51. The fourth-order valence-corrected chi connectivity index (χ4v) is 6.93. The molecule has 0 unspecified atom stereocenters. The van der Waals surface area contributed by atoms with Crippen molar-refractivity contribution in [3.8, 4) is 0 Å². The van der Waals surface area contributed by atoms with Gasteiger partial charge in [0, 0.05) is 18.9 Å². The number of rotatable bonds is 1. The van der Waals surface area contributed by atoms with Gasteiger partial charge in [0.25, 0.3) is 0 Å². The van der Waals surface area contributed by atoms with Crippen molar-refractivity contribution in [3.05, 3.63) is 11.6 Å². The van der Waals surface area contributed by atoms with E-state index in [2.05, 4.69) is 13.8 Å². The van der Waals surface area contributed by atoms with Gasteiger partial charge in [-0.1, -0.05) is 19.4 Å². The van der Waals surface area contributed by atoms with Gasteiger partial charge in [0.15, 0.2) is 5.78 Å². The van der Waals surface area contributed by atoms with Crippen LogP contribution in [0.15, 0.2) is 11.6 Å². The van der Waals surface area contributed by atoms with Gasteiger partial charge < -0.3 is 10.5 Å². The quantitative estimate of drug-likeness (QED) is 0.748. The lowest BCUT2D eigenvalue weighted by Gasteiger charge is -2.59. The molecule has 6 atom stereocenters. The summed E-state index contributed by atoms with van der Waals surface area (Å²) in [7, 11) is 1.79. The minimum absolute atomic E-state index is 0.116. The van der Waals surface area contributed by atoms with Gasteiger partial charge in [-0.25, -0.2) is 0 Å². The van der Waals surface area contributed by atoms with Crippen LogP contribution in [0.25, 0.3) is 0 Å². The van der Waals surface area contributed by atoms with E-state index in [9.17, 15) is 4.79 Å². The van der Waals surface area contributed by atoms with Gasteiger partial charge in [-0.3, -0.25) is 4.79 Å². The lowest BCUT2D eigenvalue weighted by atomic mass is 9.47. The predicted octanol–water partition coefficient (Wildman–Crippen LogP) is 3.82. The molecule has 4 rings (SSSR count). The summed E-state index contributed by atoms with van der Waals surface area (Å²) in [4.78, 5) is 11.9. The number of hydrogen-bond donors (Lipinski definition) is 1. The maximum absolute atomic E-state index is 11.9. The van der Waals surface area contributed by atoms with Crippen molar-refractivity contribution >= 4 is 5.78 Å². The Balaban J connectivity index is 1.69. The first-order valence-electron chi connectivity index (χ1n) is 9.42. The zero-order chi connectivity index (χ0) is 16.5. The predicted molar refractivity (Wildman–Crippen MR) is 90.6 cm³/mol. The van der Waals surface area contributed by atoms with E-state index in [-0.39, 0.29) is 10.8 Å². The van der Waals surface area contributed by atoms with E-state index < -0.39 is 5.72 Å². The van der Waals surface area contributed by atoms with Crippen LogP contribution in [0, 0.1) is 28.6 Å². The molecule has 4 aliphatic carbocycles. The lowest BCUT2D eigenvalue weighted by molar-refractivity contribution is -0.142. The number of hydrogen-bond acceptors (Lipinski definition) is 3. The molecule has 3 nitrogen and oxygen atoms in total. The second-order valence-corrected chi connectivity index (χ2v) is 9.06. The van der Waals surface area contributed by atoms with E-state index in [1.807, 2.05) is 6.08 Å². The highest BCUT2D eigenvalue weighted by Crippen LogP contribution is 2.67. The molecule has 0 saturated heterocycles. The fraction of sp³-hybridized carbons (Fsp3) is 0.850. The summed E-state index contributed by atoms with van der Waals surface area (Å²) < 4.78 is 5.82. The van der Waals surface area contributed by atoms with Gasteiger partial charge in [0.05, 0.1) is 0 Å². The first-order valence-corrected chi connectivity index (χ1v) is 9.42. The van der Waals surface area contributed by atoms with Crippen LogP contribution in [0.4, 0.5) is 0 Å². The van der Waals surface area contributed by atoms with E-state index in [4.69, 9.17) is 10.5 Å². The Hall–Kier alpha value is -0.670. The Morgan fingerprint density at radius 3 is 2.57 bits per heavy atom. The molecule has 0 radical (unpaired) electrons. The molecule has 0 aromatic rings. The van der Waals surface area contributed by atoms with Gasteiger partial charge in [0.1, 0.15) is 5.72 Å². The van der Waals surface area contributed by atoms with E-state index in [1.54, 1.807) is 7.11 Å². The van der Waals surface area contributed by atoms with Crippen LogP contribution < -0.4 is 5.73 Å². The van der Waals surface area contributed by atoms with E-state index in [0.717, 1.165) is 37.5 Å². The Bertz CT molecular complexity index is 570. The minimum Gasteiger partial charge on any atom is -0.364 e. The van der Waals surface area contributed by atoms with Crippen molar-refractivity contribution in [2.24, 2.45) is 34.3 Å². The summed E-state index contributed by atoms with van der Waals surface area (Å²) in [5, 5.41) is 0. The molecule has 0 heterocycles. The third-order valence-corrected chi connectivity index (χ3v) is 8.51. The van der Waals surface area contributed by atoms with Crippen LogP contribution in [-0.4, -0.2) is 18.6 Å². The monoisotopic (exact) mass is 317 g/mol. The number of allylic oxidation sites excluding steroid dienone is 1. The smallest absolute Gasteiger partial charge is 0.155 e. The van der Waals surface area contributed by atoms with E-state index in [0.29, 0.717) is 11.7 Å². The van der Waals surface area contributed by atoms with Gasteiger partial charge >= 0.3 is 0 Å². The molecule has 0 aromatic heterocycles. The second kappa shape index (κ2) is 4.92. The first kappa shape index (κ1) is 15.8.